The highest BCUT2D eigenvalue weighted by Crippen LogP contribution is 2.20. The van der Waals surface area contributed by atoms with E-state index in [9.17, 15) is 9.59 Å². The first-order valence-electron chi connectivity index (χ1n) is 8.06. The second-order valence-electron chi connectivity index (χ2n) is 5.62. The number of para-hydroxylation sites is 1. The van der Waals surface area contributed by atoms with Crippen molar-refractivity contribution in [3.8, 4) is 0 Å². The van der Waals surface area contributed by atoms with Crippen LogP contribution in [0, 0.1) is 0 Å². The van der Waals surface area contributed by atoms with Crippen molar-refractivity contribution in [3.63, 3.8) is 0 Å². The summed E-state index contributed by atoms with van der Waals surface area (Å²) in [6, 6.07) is 9.71. The molecule has 3 rings (SSSR count). The summed E-state index contributed by atoms with van der Waals surface area (Å²) in [7, 11) is 0. The van der Waals surface area contributed by atoms with Crippen LogP contribution in [0.1, 0.15) is 29.8 Å². The summed E-state index contributed by atoms with van der Waals surface area (Å²) in [5, 5.41) is 8.46. The summed E-state index contributed by atoms with van der Waals surface area (Å²) in [5.41, 5.74) is 1.35. The highest BCUT2D eigenvalue weighted by atomic mass is 32.1. The van der Waals surface area contributed by atoms with Gasteiger partial charge in [-0.3, -0.25) is 9.59 Å². The average Bonchev–Trinajstić information content (AvgIpc) is 3.22. The number of anilines is 2. The van der Waals surface area contributed by atoms with Gasteiger partial charge in [0.2, 0.25) is 5.91 Å². The van der Waals surface area contributed by atoms with Crippen molar-refractivity contribution in [1.82, 2.24) is 15.2 Å². The van der Waals surface area contributed by atoms with E-state index >= 15 is 0 Å². The van der Waals surface area contributed by atoms with Crippen molar-refractivity contribution in [1.29, 1.82) is 0 Å². The van der Waals surface area contributed by atoms with Crippen LogP contribution in [0.25, 0.3) is 0 Å². The fourth-order valence-electron chi connectivity index (χ4n) is 2.58. The van der Waals surface area contributed by atoms with Gasteiger partial charge in [0.05, 0.1) is 0 Å². The predicted octanol–water partition coefficient (Wildman–Crippen LogP) is 2.63. The van der Waals surface area contributed by atoms with Crippen LogP contribution in [-0.4, -0.2) is 41.3 Å². The van der Waals surface area contributed by atoms with Gasteiger partial charge in [-0.15, -0.1) is 11.3 Å². The maximum Gasteiger partial charge on any atom is 0.270 e. The third kappa shape index (κ3) is 4.32. The van der Waals surface area contributed by atoms with Crippen molar-refractivity contribution in [2.75, 3.05) is 25.0 Å². The van der Waals surface area contributed by atoms with Crippen molar-refractivity contribution in [2.24, 2.45) is 0 Å². The van der Waals surface area contributed by atoms with Crippen LogP contribution in [0.2, 0.25) is 0 Å². The molecular formula is C17H20N4O2S. The Balaban J connectivity index is 1.43. The fraction of sp³-hybridized carbons (Fsp3) is 0.353. The number of hydrogen-bond donors (Lipinski definition) is 2. The Morgan fingerprint density at radius 3 is 2.88 bits per heavy atom. The first-order valence-corrected chi connectivity index (χ1v) is 8.94. The van der Waals surface area contributed by atoms with Crippen molar-refractivity contribution in [3.05, 3.63) is 41.4 Å². The van der Waals surface area contributed by atoms with E-state index in [0.29, 0.717) is 30.3 Å². The molecule has 0 atom stereocenters. The number of rotatable bonds is 7. The van der Waals surface area contributed by atoms with Crippen LogP contribution in [-0.2, 0) is 4.79 Å². The van der Waals surface area contributed by atoms with Crippen LogP contribution in [0.4, 0.5) is 10.8 Å². The zero-order valence-electron chi connectivity index (χ0n) is 13.3. The van der Waals surface area contributed by atoms with Gasteiger partial charge in [0.25, 0.3) is 5.91 Å². The summed E-state index contributed by atoms with van der Waals surface area (Å²) in [5.74, 6) is 0.0394. The van der Waals surface area contributed by atoms with E-state index in [1.54, 1.807) is 5.38 Å². The van der Waals surface area contributed by atoms with Crippen LogP contribution < -0.4 is 10.6 Å². The average molecular weight is 344 g/mol. The molecule has 1 aromatic carbocycles. The largest absolute Gasteiger partial charge is 0.351 e. The van der Waals surface area contributed by atoms with E-state index in [4.69, 9.17) is 0 Å². The molecule has 7 heteroatoms. The molecule has 2 aromatic rings. The van der Waals surface area contributed by atoms with Crippen LogP contribution in [0.15, 0.2) is 35.7 Å². The van der Waals surface area contributed by atoms with Crippen LogP contribution in [0.3, 0.4) is 0 Å². The quantitative estimate of drug-likeness (QED) is 0.757. The predicted molar refractivity (Wildman–Crippen MR) is 94.6 cm³/mol. The van der Waals surface area contributed by atoms with E-state index in [2.05, 4.69) is 15.6 Å². The number of likely N-dealkylation sites (tertiary alicyclic amines) is 1. The monoisotopic (exact) mass is 344 g/mol. The number of nitrogens with zero attached hydrogens (tertiary/aromatic N) is 2. The number of carbonyl (C=O) groups is 2. The van der Waals surface area contributed by atoms with Gasteiger partial charge in [0, 0.05) is 37.1 Å². The van der Waals surface area contributed by atoms with Crippen molar-refractivity contribution in [2.45, 2.75) is 19.3 Å². The number of aromatic nitrogens is 1. The van der Waals surface area contributed by atoms with Gasteiger partial charge in [0.1, 0.15) is 5.69 Å². The molecule has 0 aliphatic carbocycles. The van der Waals surface area contributed by atoms with Gasteiger partial charge in [-0.05, 0) is 25.0 Å². The molecule has 2 heterocycles. The molecule has 1 aliphatic rings. The number of amides is 2. The molecule has 1 aliphatic heterocycles. The molecule has 126 valence electrons. The Hall–Kier alpha value is -2.41. The van der Waals surface area contributed by atoms with Gasteiger partial charge in [0.15, 0.2) is 5.13 Å². The first kappa shape index (κ1) is 16.4. The summed E-state index contributed by atoms with van der Waals surface area (Å²) in [6.45, 7) is 2.09. The number of nitrogens with one attached hydrogen (secondary N) is 2. The third-order valence-electron chi connectivity index (χ3n) is 3.82. The van der Waals surface area contributed by atoms with Crippen molar-refractivity contribution >= 4 is 34.0 Å². The minimum atomic E-state index is -0.180. The van der Waals surface area contributed by atoms with E-state index in [-0.39, 0.29) is 11.8 Å². The van der Waals surface area contributed by atoms with E-state index < -0.39 is 0 Å². The zero-order valence-corrected chi connectivity index (χ0v) is 14.1. The highest BCUT2D eigenvalue weighted by molar-refractivity contribution is 7.14. The lowest BCUT2D eigenvalue weighted by Crippen LogP contribution is -2.30. The van der Waals surface area contributed by atoms with Gasteiger partial charge >= 0.3 is 0 Å². The summed E-state index contributed by atoms with van der Waals surface area (Å²) in [6.07, 6.45) is 2.36. The van der Waals surface area contributed by atoms with E-state index in [1.807, 2.05) is 35.2 Å². The number of hydrogen-bond acceptors (Lipinski definition) is 5. The minimum absolute atomic E-state index is 0.180. The second-order valence-corrected chi connectivity index (χ2v) is 6.48. The Morgan fingerprint density at radius 2 is 2.12 bits per heavy atom. The van der Waals surface area contributed by atoms with E-state index in [0.717, 1.165) is 25.1 Å². The van der Waals surface area contributed by atoms with Crippen molar-refractivity contribution < 1.29 is 9.59 Å². The van der Waals surface area contributed by atoms with Gasteiger partial charge < -0.3 is 15.5 Å². The fourth-order valence-corrected chi connectivity index (χ4v) is 3.29. The van der Waals surface area contributed by atoms with Gasteiger partial charge in [-0.25, -0.2) is 4.98 Å². The molecule has 0 bridgehead atoms. The van der Waals surface area contributed by atoms with Crippen LogP contribution >= 0.6 is 11.3 Å². The molecule has 24 heavy (non-hydrogen) atoms. The number of benzene rings is 1. The summed E-state index contributed by atoms with van der Waals surface area (Å²) >= 11 is 1.40. The third-order valence-corrected chi connectivity index (χ3v) is 4.58. The molecule has 1 aromatic heterocycles. The topological polar surface area (TPSA) is 74.3 Å². The normalized spacial score (nSPS) is 14.0. The molecular weight excluding hydrogens is 324 g/mol. The lowest BCUT2D eigenvalue weighted by molar-refractivity contribution is -0.127. The Bertz CT molecular complexity index is 702. The maximum atomic E-state index is 12.1. The molecule has 6 nitrogen and oxygen atoms in total. The Morgan fingerprint density at radius 1 is 1.29 bits per heavy atom. The lowest BCUT2D eigenvalue weighted by atomic mass is 10.3. The van der Waals surface area contributed by atoms with Gasteiger partial charge in [-0.1, -0.05) is 18.2 Å². The zero-order chi connectivity index (χ0) is 16.8. The SMILES string of the molecule is O=C(NCCCN1CCCC1=O)c1csc(Nc2ccccc2)n1. The molecule has 2 N–H and O–H groups in total. The number of carbonyl (C=O) groups excluding carboxylic acids is 2. The van der Waals surface area contributed by atoms with E-state index in [1.165, 1.54) is 11.3 Å². The van der Waals surface area contributed by atoms with Crippen LogP contribution in [0.5, 0.6) is 0 Å². The summed E-state index contributed by atoms with van der Waals surface area (Å²) < 4.78 is 0. The maximum absolute atomic E-state index is 12.1. The molecule has 2 amide bonds. The van der Waals surface area contributed by atoms with Gasteiger partial charge in [-0.2, -0.15) is 0 Å². The molecule has 1 fully saturated rings. The standard InChI is InChI=1S/C17H20N4O2S/c22-15-8-4-10-21(15)11-5-9-18-16(23)14-12-24-17(20-14)19-13-6-2-1-3-7-13/h1-3,6-7,12H,4-5,8-11H2,(H,18,23)(H,19,20). The summed E-state index contributed by atoms with van der Waals surface area (Å²) in [4.78, 5) is 29.8. The molecule has 0 radical (unpaired) electrons. The molecule has 1 saturated heterocycles. The molecule has 0 spiro atoms. The number of thiazole rings is 1. The lowest BCUT2D eigenvalue weighted by Gasteiger charge is -2.14. The highest BCUT2D eigenvalue weighted by Gasteiger charge is 2.19. The Kier molecular flexibility index (Phi) is 5.43. The molecule has 0 unspecified atom stereocenters. The second kappa shape index (κ2) is 7.92. The first-order chi connectivity index (χ1) is 11.7. The minimum Gasteiger partial charge on any atom is -0.351 e. The Labute approximate surface area is 144 Å². The smallest absolute Gasteiger partial charge is 0.270 e. The molecule has 0 saturated carbocycles.